The van der Waals surface area contributed by atoms with Crippen molar-refractivity contribution >= 4 is 21.8 Å². The minimum Gasteiger partial charge on any atom is -0.352 e. The van der Waals surface area contributed by atoms with Gasteiger partial charge in [-0.3, -0.25) is 4.79 Å². The minimum absolute atomic E-state index is 0.0264. The zero-order valence-corrected chi connectivity index (χ0v) is 13.3. The summed E-state index contributed by atoms with van der Waals surface area (Å²) >= 11 is 3.51. The number of fused-ring (bicyclic) bond motifs is 1. The molecular weight excluding hydrogens is 326 g/mol. The van der Waals surface area contributed by atoms with Crippen LogP contribution in [-0.4, -0.2) is 17.3 Å². The molecule has 2 aromatic rings. The van der Waals surface area contributed by atoms with Crippen LogP contribution in [0.25, 0.3) is 0 Å². The molecule has 0 saturated heterocycles. The number of hydrogen-bond donors (Lipinski definition) is 1. The van der Waals surface area contributed by atoms with Crippen LogP contribution in [-0.2, 0) is 17.6 Å². The number of amides is 1. The summed E-state index contributed by atoms with van der Waals surface area (Å²) in [6.45, 7) is 0. The summed E-state index contributed by atoms with van der Waals surface area (Å²) < 4.78 is 0. The molecule has 0 spiro atoms. The molecule has 0 fully saturated rings. The molecule has 3 heteroatoms. The summed E-state index contributed by atoms with van der Waals surface area (Å²) in [6.07, 6.45) is 1.72. The molecule has 0 radical (unpaired) electrons. The highest BCUT2D eigenvalue weighted by Crippen LogP contribution is 2.34. The summed E-state index contributed by atoms with van der Waals surface area (Å²) in [5.41, 5.74) is 3.73. The van der Waals surface area contributed by atoms with E-state index in [9.17, 15) is 4.79 Å². The van der Waals surface area contributed by atoms with Gasteiger partial charge in [-0.1, -0.05) is 70.5 Å². The molecule has 3 rings (SSSR count). The third kappa shape index (κ3) is 3.18. The van der Waals surface area contributed by atoms with E-state index in [4.69, 9.17) is 0 Å². The van der Waals surface area contributed by atoms with E-state index >= 15 is 0 Å². The topological polar surface area (TPSA) is 29.1 Å². The second-order valence-corrected chi connectivity index (χ2v) is 6.15. The molecule has 108 valence electrons. The van der Waals surface area contributed by atoms with Crippen LogP contribution in [0.15, 0.2) is 54.6 Å². The predicted molar refractivity (Wildman–Crippen MR) is 88.8 cm³/mol. The molecule has 1 aliphatic rings. The number of alkyl halides is 1. The number of carbonyl (C=O) groups excluding carboxylic acids is 1. The summed E-state index contributed by atoms with van der Waals surface area (Å²) in [5.74, 6) is 0.174. The number of rotatable bonds is 5. The van der Waals surface area contributed by atoms with Gasteiger partial charge in [-0.2, -0.15) is 0 Å². The van der Waals surface area contributed by atoms with Crippen LogP contribution in [0, 0.1) is 0 Å². The molecule has 1 N–H and O–H groups in total. The van der Waals surface area contributed by atoms with Crippen molar-refractivity contribution in [3.05, 3.63) is 71.3 Å². The van der Waals surface area contributed by atoms with Gasteiger partial charge in [0, 0.05) is 11.4 Å². The molecule has 2 unspecified atom stereocenters. The summed E-state index contributed by atoms with van der Waals surface area (Å²) in [5, 5.41) is 3.94. The van der Waals surface area contributed by atoms with E-state index in [1.165, 1.54) is 16.7 Å². The molecule has 2 nitrogen and oxygen atoms in total. The highest BCUT2D eigenvalue weighted by molar-refractivity contribution is 9.09. The Kier molecular flexibility index (Phi) is 4.39. The smallest absolute Gasteiger partial charge is 0.228 e. The normalized spacial score (nSPS) is 17.5. The largest absolute Gasteiger partial charge is 0.352 e. The lowest BCUT2D eigenvalue weighted by atomic mass is 9.77. The fourth-order valence-corrected chi connectivity index (χ4v) is 3.23. The first kappa shape index (κ1) is 14.3. The van der Waals surface area contributed by atoms with Gasteiger partial charge in [-0.15, -0.1) is 0 Å². The Morgan fingerprint density at radius 1 is 1.14 bits per heavy atom. The molecule has 0 heterocycles. The van der Waals surface area contributed by atoms with Gasteiger partial charge in [0.2, 0.25) is 5.91 Å². The van der Waals surface area contributed by atoms with Gasteiger partial charge in [-0.05, 0) is 29.5 Å². The molecule has 0 aliphatic heterocycles. The molecule has 0 bridgehead atoms. The number of benzene rings is 2. The molecule has 2 atom stereocenters. The van der Waals surface area contributed by atoms with E-state index in [2.05, 4.69) is 45.5 Å². The van der Waals surface area contributed by atoms with Gasteiger partial charge in [0.15, 0.2) is 0 Å². The van der Waals surface area contributed by atoms with Gasteiger partial charge < -0.3 is 5.32 Å². The summed E-state index contributed by atoms with van der Waals surface area (Å²) in [4.78, 5) is 12.4. The fourth-order valence-electron chi connectivity index (χ4n) is 2.84. The van der Waals surface area contributed by atoms with Crippen LogP contribution < -0.4 is 5.32 Å². The molecule has 0 aromatic heterocycles. The maximum Gasteiger partial charge on any atom is 0.228 e. The number of nitrogens with one attached hydrogen (secondary N) is 1. The first-order valence-electron chi connectivity index (χ1n) is 7.26. The van der Waals surface area contributed by atoms with Crippen molar-refractivity contribution in [2.24, 2.45) is 0 Å². The van der Waals surface area contributed by atoms with Crippen LogP contribution in [0.1, 0.15) is 22.6 Å². The van der Waals surface area contributed by atoms with Crippen LogP contribution in [0.3, 0.4) is 0 Å². The Bertz CT molecular complexity index is 626. The summed E-state index contributed by atoms with van der Waals surface area (Å²) in [7, 11) is 0. The lowest BCUT2D eigenvalue weighted by Gasteiger charge is -2.30. The van der Waals surface area contributed by atoms with Gasteiger partial charge in [0.1, 0.15) is 0 Å². The number of carbonyl (C=O) groups is 1. The van der Waals surface area contributed by atoms with E-state index < -0.39 is 0 Å². The van der Waals surface area contributed by atoms with Crippen molar-refractivity contribution in [3.63, 3.8) is 0 Å². The molecule has 1 aliphatic carbocycles. The SMILES string of the molecule is O=C(NC(CBr)Cc1ccccc1)C1Cc2ccccc21. The van der Waals surface area contributed by atoms with E-state index in [0.29, 0.717) is 0 Å². The maximum absolute atomic E-state index is 12.4. The van der Waals surface area contributed by atoms with Crippen molar-refractivity contribution in [2.75, 3.05) is 5.33 Å². The van der Waals surface area contributed by atoms with Gasteiger partial charge in [0.25, 0.3) is 0 Å². The molecule has 1 amide bonds. The second-order valence-electron chi connectivity index (χ2n) is 5.51. The summed E-state index contributed by atoms with van der Waals surface area (Å²) in [6, 6.07) is 18.6. The lowest BCUT2D eigenvalue weighted by molar-refractivity contribution is -0.123. The monoisotopic (exact) mass is 343 g/mol. The van der Waals surface area contributed by atoms with E-state index in [1.807, 2.05) is 30.3 Å². The number of halogens is 1. The average Bonchev–Trinajstić information content (AvgIpc) is 2.49. The van der Waals surface area contributed by atoms with Crippen LogP contribution in [0.4, 0.5) is 0 Å². The van der Waals surface area contributed by atoms with Gasteiger partial charge in [0.05, 0.1) is 5.92 Å². The molecule has 2 aromatic carbocycles. The van der Waals surface area contributed by atoms with Crippen molar-refractivity contribution in [1.29, 1.82) is 0 Å². The Hall–Kier alpha value is -1.61. The highest BCUT2D eigenvalue weighted by Gasteiger charge is 2.32. The van der Waals surface area contributed by atoms with Crippen molar-refractivity contribution < 1.29 is 4.79 Å². The number of hydrogen-bond acceptors (Lipinski definition) is 1. The second kappa shape index (κ2) is 6.44. The van der Waals surface area contributed by atoms with E-state index in [-0.39, 0.29) is 17.9 Å². The Labute approximate surface area is 133 Å². The zero-order valence-electron chi connectivity index (χ0n) is 11.8. The minimum atomic E-state index is 0.0264. The quantitative estimate of drug-likeness (QED) is 0.827. The fraction of sp³-hybridized carbons (Fsp3) is 0.278. The van der Waals surface area contributed by atoms with Crippen molar-refractivity contribution in [2.45, 2.75) is 24.8 Å². The molecular formula is C18H18BrNO. The third-order valence-electron chi connectivity index (χ3n) is 4.03. The van der Waals surface area contributed by atoms with Crippen LogP contribution in [0.2, 0.25) is 0 Å². The molecule has 0 saturated carbocycles. The van der Waals surface area contributed by atoms with Crippen LogP contribution in [0.5, 0.6) is 0 Å². The Morgan fingerprint density at radius 2 is 1.86 bits per heavy atom. The Morgan fingerprint density at radius 3 is 2.57 bits per heavy atom. The molecule has 21 heavy (non-hydrogen) atoms. The van der Waals surface area contributed by atoms with Crippen molar-refractivity contribution in [1.82, 2.24) is 5.32 Å². The van der Waals surface area contributed by atoms with Crippen LogP contribution >= 0.6 is 15.9 Å². The Balaban J connectivity index is 1.61. The zero-order chi connectivity index (χ0) is 14.7. The van der Waals surface area contributed by atoms with E-state index in [0.717, 1.165) is 18.2 Å². The first-order chi connectivity index (χ1) is 10.3. The first-order valence-corrected chi connectivity index (χ1v) is 8.38. The standard InChI is InChI=1S/C18H18BrNO/c19-12-15(10-13-6-2-1-3-7-13)20-18(21)17-11-14-8-4-5-9-16(14)17/h1-9,15,17H,10-12H2,(H,20,21). The predicted octanol–water partition coefficient (Wildman–Crippen LogP) is 3.45. The third-order valence-corrected chi connectivity index (χ3v) is 4.81. The highest BCUT2D eigenvalue weighted by atomic mass is 79.9. The van der Waals surface area contributed by atoms with Gasteiger partial charge >= 0.3 is 0 Å². The average molecular weight is 344 g/mol. The maximum atomic E-state index is 12.4. The van der Waals surface area contributed by atoms with Crippen molar-refractivity contribution in [3.8, 4) is 0 Å². The van der Waals surface area contributed by atoms with E-state index in [1.54, 1.807) is 0 Å². The lowest BCUT2D eigenvalue weighted by Crippen LogP contribution is -2.43. The van der Waals surface area contributed by atoms with Gasteiger partial charge in [-0.25, -0.2) is 0 Å².